The first-order chi connectivity index (χ1) is 7.43. The van der Waals surface area contributed by atoms with Crippen molar-refractivity contribution in [3.05, 3.63) is 24.5 Å². The summed E-state index contributed by atoms with van der Waals surface area (Å²) in [6.45, 7) is 9.82. The van der Waals surface area contributed by atoms with Crippen molar-refractivity contribution in [1.29, 1.82) is 0 Å². The van der Waals surface area contributed by atoms with Gasteiger partial charge in [-0.2, -0.15) is 0 Å². The molecule has 0 aliphatic heterocycles. The lowest BCUT2D eigenvalue weighted by molar-refractivity contribution is -0.136. The van der Waals surface area contributed by atoms with Gasteiger partial charge in [0, 0.05) is 6.42 Å². The number of carboxylic acid groups (broad SMARTS) is 1. The maximum Gasteiger partial charge on any atom is 0.303 e. The maximum atomic E-state index is 9.37. The van der Waals surface area contributed by atoms with E-state index in [9.17, 15) is 4.79 Å². The molecule has 0 heterocycles. The molecule has 94 valence electrons. The number of carbonyl (C=O) groups is 1. The van der Waals surface area contributed by atoms with E-state index in [1.807, 2.05) is 0 Å². The van der Waals surface area contributed by atoms with Crippen molar-refractivity contribution in [1.82, 2.24) is 0 Å². The summed E-state index contributed by atoms with van der Waals surface area (Å²) in [4.78, 5) is 9.37. The minimum absolute atomic E-state index is 0.222. The van der Waals surface area contributed by atoms with Gasteiger partial charge in [-0.25, -0.2) is 0 Å². The molecule has 0 saturated carbocycles. The fraction of sp³-hybridized carbons (Fsp3) is 0.615. The molecule has 0 aromatic rings. The van der Waals surface area contributed by atoms with Crippen molar-refractivity contribution in [3.8, 4) is 0 Å². The van der Waals surface area contributed by atoms with E-state index in [1.165, 1.54) is 12.8 Å². The van der Waals surface area contributed by atoms with Crippen LogP contribution in [0.15, 0.2) is 24.5 Å². The third-order valence-corrected chi connectivity index (χ3v) is 1.89. The normalized spacial score (nSPS) is 10.0. The Morgan fingerprint density at radius 1 is 1.44 bits per heavy atom. The fourth-order valence-corrected chi connectivity index (χ4v) is 0.926. The van der Waals surface area contributed by atoms with Gasteiger partial charge >= 0.3 is 5.97 Å². The van der Waals surface area contributed by atoms with Crippen LogP contribution in [0.4, 0.5) is 0 Å². The van der Waals surface area contributed by atoms with Gasteiger partial charge in [-0.15, -0.1) is 0 Å². The third kappa shape index (κ3) is 18.5. The van der Waals surface area contributed by atoms with Crippen LogP contribution in [0.25, 0.3) is 0 Å². The monoisotopic (exact) mass is 228 g/mol. The van der Waals surface area contributed by atoms with Crippen LogP contribution in [0.2, 0.25) is 0 Å². The molecular formula is C13H24O3. The van der Waals surface area contributed by atoms with E-state index >= 15 is 0 Å². The van der Waals surface area contributed by atoms with Crippen LogP contribution in [0.5, 0.6) is 0 Å². The second-order valence-electron chi connectivity index (χ2n) is 4.01. The number of carboxylic acids is 1. The fourth-order valence-electron chi connectivity index (χ4n) is 0.926. The van der Waals surface area contributed by atoms with E-state index in [0.29, 0.717) is 0 Å². The lowest BCUT2D eigenvalue weighted by atomic mass is 10.0. The lowest BCUT2D eigenvalue weighted by Gasteiger charge is -2.03. The first-order valence-corrected chi connectivity index (χ1v) is 5.64. The average molecular weight is 228 g/mol. The van der Waals surface area contributed by atoms with Crippen molar-refractivity contribution in [2.75, 3.05) is 0 Å². The molecular weight excluding hydrogens is 204 g/mol. The van der Waals surface area contributed by atoms with Crippen molar-refractivity contribution in [2.24, 2.45) is 5.92 Å². The number of aliphatic hydroxyl groups is 1. The summed E-state index contributed by atoms with van der Waals surface area (Å²) in [6, 6.07) is 0. The van der Waals surface area contributed by atoms with Gasteiger partial charge in [-0.1, -0.05) is 39.3 Å². The van der Waals surface area contributed by atoms with E-state index < -0.39 is 5.97 Å². The molecule has 3 heteroatoms. The topological polar surface area (TPSA) is 57.5 Å². The number of hydrogen-bond acceptors (Lipinski definition) is 2. The number of hydrogen-bond donors (Lipinski definition) is 2. The van der Waals surface area contributed by atoms with Crippen LogP contribution >= 0.6 is 0 Å². The molecule has 0 aromatic carbocycles. The van der Waals surface area contributed by atoms with E-state index in [1.54, 1.807) is 13.0 Å². The molecule has 0 atom stereocenters. The molecule has 0 saturated heterocycles. The van der Waals surface area contributed by atoms with Gasteiger partial charge in [-0.05, 0) is 24.8 Å². The molecule has 0 unspecified atom stereocenters. The minimum Gasteiger partial charge on any atom is -0.516 e. The zero-order valence-electron chi connectivity index (χ0n) is 10.6. The molecule has 16 heavy (non-hydrogen) atoms. The van der Waals surface area contributed by atoms with Gasteiger partial charge in [0.05, 0.1) is 6.26 Å². The highest BCUT2D eigenvalue weighted by Gasteiger charge is 1.94. The Labute approximate surface area is 98.5 Å². The van der Waals surface area contributed by atoms with E-state index in [0.717, 1.165) is 24.2 Å². The smallest absolute Gasteiger partial charge is 0.303 e. The highest BCUT2D eigenvalue weighted by molar-refractivity contribution is 5.66. The van der Waals surface area contributed by atoms with Crippen LogP contribution in [-0.4, -0.2) is 16.2 Å². The van der Waals surface area contributed by atoms with E-state index in [4.69, 9.17) is 10.2 Å². The average Bonchev–Trinajstić information content (AvgIpc) is 2.18. The van der Waals surface area contributed by atoms with E-state index in [-0.39, 0.29) is 6.42 Å². The number of allylic oxidation sites excluding steroid dienone is 2. The summed E-state index contributed by atoms with van der Waals surface area (Å²) < 4.78 is 0. The quantitative estimate of drug-likeness (QED) is 0.535. The standard InChI is InChI=1S/C10H18O.C3H6O2/c1-9(2)5-4-6-10(3)7-8-11;1-2-3(4)5/h7-9,11H,3-6H2,1-2H3;2H2,1H3,(H,4,5). The summed E-state index contributed by atoms with van der Waals surface area (Å²) in [6.07, 6.45) is 6.33. The predicted molar refractivity (Wildman–Crippen MR) is 67.5 cm³/mol. The predicted octanol–water partition coefficient (Wildman–Crippen LogP) is 3.92. The summed E-state index contributed by atoms with van der Waals surface area (Å²) in [5.74, 6) is 0.0194. The van der Waals surface area contributed by atoms with Gasteiger partial charge in [0.25, 0.3) is 0 Å². The molecule has 2 N–H and O–H groups in total. The third-order valence-electron chi connectivity index (χ3n) is 1.89. The molecule has 0 fully saturated rings. The van der Waals surface area contributed by atoms with Gasteiger partial charge in [0.15, 0.2) is 0 Å². The molecule has 0 aliphatic carbocycles. The lowest BCUT2D eigenvalue weighted by Crippen LogP contribution is -1.87. The molecule has 0 rings (SSSR count). The highest BCUT2D eigenvalue weighted by Crippen LogP contribution is 2.11. The van der Waals surface area contributed by atoms with Crippen LogP contribution in [0.3, 0.4) is 0 Å². The minimum atomic E-state index is -0.745. The number of aliphatic carboxylic acids is 1. The summed E-state index contributed by atoms with van der Waals surface area (Å²) in [7, 11) is 0. The Morgan fingerprint density at radius 2 is 1.94 bits per heavy atom. The molecule has 0 radical (unpaired) electrons. The maximum absolute atomic E-state index is 9.37. The van der Waals surface area contributed by atoms with Crippen LogP contribution in [0.1, 0.15) is 46.5 Å². The number of aliphatic hydroxyl groups excluding tert-OH is 1. The largest absolute Gasteiger partial charge is 0.516 e. The Bertz CT molecular complexity index is 217. The Morgan fingerprint density at radius 3 is 2.25 bits per heavy atom. The van der Waals surface area contributed by atoms with Crippen LogP contribution in [0, 0.1) is 5.92 Å². The molecule has 3 nitrogen and oxygen atoms in total. The van der Waals surface area contributed by atoms with Crippen LogP contribution < -0.4 is 0 Å². The zero-order valence-corrected chi connectivity index (χ0v) is 10.6. The molecule has 0 spiro atoms. The Balaban J connectivity index is 0. The second kappa shape index (κ2) is 11.8. The highest BCUT2D eigenvalue weighted by atomic mass is 16.4. The van der Waals surface area contributed by atoms with Crippen molar-refractivity contribution < 1.29 is 15.0 Å². The number of rotatable bonds is 6. The van der Waals surface area contributed by atoms with Crippen molar-refractivity contribution in [3.63, 3.8) is 0 Å². The molecule has 0 aromatic heterocycles. The summed E-state index contributed by atoms with van der Waals surface area (Å²) >= 11 is 0. The van der Waals surface area contributed by atoms with Gasteiger partial charge in [0.2, 0.25) is 0 Å². The van der Waals surface area contributed by atoms with Crippen molar-refractivity contribution in [2.45, 2.75) is 46.5 Å². The summed E-state index contributed by atoms with van der Waals surface area (Å²) in [5, 5.41) is 16.1. The Kier molecular flexibility index (Phi) is 12.7. The van der Waals surface area contributed by atoms with Gasteiger partial charge < -0.3 is 10.2 Å². The zero-order chi connectivity index (χ0) is 13.0. The van der Waals surface area contributed by atoms with Gasteiger partial charge in [0.1, 0.15) is 0 Å². The SMILES string of the molecule is C=C(C=CO)CCCC(C)C.CCC(=O)O. The van der Waals surface area contributed by atoms with Crippen LogP contribution in [-0.2, 0) is 4.79 Å². The first-order valence-electron chi connectivity index (χ1n) is 5.64. The van der Waals surface area contributed by atoms with Gasteiger partial charge in [-0.3, -0.25) is 4.79 Å². The molecule has 0 bridgehead atoms. The molecule has 0 aliphatic rings. The summed E-state index contributed by atoms with van der Waals surface area (Å²) in [5.41, 5.74) is 1.01. The second-order valence-corrected chi connectivity index (χ2v) is 4.01. The van der Waals surface area contributed by atoms with Crippen molar-refractivity contribution >= 4 is 5.97 Å². The Hall–Kier alpha value is -1.25. The first kappa shape index (κ1) is 17.2. The van der Waals surface area contributed by atoms with E-state index in [2.05, 4.69) is 20.4 Å². The molecule has 0 amide bonds.